The van der Waals surface area contributed by atoms with Crippen molar-refractivity contribution < 1.29 is 23.8 Å². The zero-order chi connectivity index (χ0) is 18.3. The summed E-state index contributed by atoms with van der Waals surface area (Å²) in [5, 5.41) is 10.9. The molecule has 0 saturated carbocycles. The lowest BCUT2D eigenvalue weighted by molar-refractivity contribution is -0.131. The van der Waals surface area contributed by atoms with Gasteiger partial charge in [-0.15, -0.1) is 0 Å². The second-order valence-corrected chi connectivity index (χ2v) is 6.12. The fraction of sp³-hybridized carbons (Fsp3) is 0.263. The average Bonchev–Trinajstić information content (AvgIpc) is 2.61. The van der Waals surface area contributed by atoms with Crippen LogP contribution in [0.2, 0.25) is 0 Å². The van der Waals surface area contributed by atoms with E-state index in [1.165, 1.54) is 25.1 Å². The van der Waals surface area contributed by atoms with Gasteiger partial charge in [0.2, 0.25) is 5.43 Å². The molecule has 2 heterocycles. The van der Waals surface area contributed by atoms with Crippen LogP contribution in [-0.2, 0) is 9.53 Å². The zero-order valence-corrected chi connectivity index (χ0v) is 14.2. The predicted octanol–water partition coefficient (Wildman–Crippen LogP) is 2.41. The molecule has 0 radical (unpaired) electrons. The molecule has 1 N–H and O–H groups in total. The van der Waals surface area contributed by atoms with Gasteiger partial charge in [0.05, 0.1) is 18.6 Å². The Morgan fingerprint density at radius 3 is 2.65 bits per heavy atom. The highest BCUT2D eigenvalue weighted by molar-refractivity contribution is 5.95. The molecule has 7 heteroatoms. The Kier molecular flexibility index (Phi) is 4.00. The topological polar surface area (TPSA) is 89.2 Å². The Bertz CT molecular complexity index is 1060. The number of esters is 1. The van der Waals surface area contributed by atoms with Gasteiger partial charge in [0.1, 0.15) is 28.1 Å². The van der Waals surface area contributed by atoms with E-state index >= 15 is 0 Å². The number of carbonyl (C=O) groups excluding carboxylic acids is 1. The Labute approximate surface area is 148 Å². The first-order valence-corrected chi connectivity index (χ1v) is 8.27. The number of phenolic OH excluding ortho intramolecular Hbond substituents is 1. The van der Waals surface area contributed by atoms with Gasteiger partial charge in [-0.1, -0.05) is 0 Å². The Hall–Kier alpha value is -3.06. The van der Waals surface area contributed by atoms with Crippen LogP contribution in [0.15, 0.2) is 39.5 Å². The third-order valence-electron chi connectivity index (χ3n) is 4.35. The number of morpholine rings is 1. The smallest absolute Gasteiger partial charge is 0.308 e. The average molecular weight is 355 g/mol. The molecule has 0 aliphatic carbocycles. The standard InChI is InChI=1S/C19H17NO6/c1-11(21)25-13-2-3-14-16(10-13)26-17-9-12(20-4-6-24-7-5-20)8-15(22)18(17)19(14)23/h2-3,8-10,22H,4-7H2,1H3. The number of fused-ring (bicyclic) bond motifs is 2. The van der Waals surface area contributed by atoms with Crippen molar-refractivity contribution in [2.45, 2.75) is 6.92 Å². The lowest BCUT2D eigenvalue weighted by Crippen LogP contribution is -2.36. The summed E-state index contributed by atoms with van der Waals surface area (Å²) in [7, 11) is 0. The number of rotatable bonds is 2. The fourth-order valence-corrected chi connectivity index (χ4v) is 3.16. The summed E-state index contributed by atoms with van der Waals surface area (Å²) >= 11 is 0. The van der Waals surface area contributed by atoms with Crippen molar-refractivity contribution >= 4 is 33.6 Å². The maximum Gasteiger partial charge on any atom is 0.308 e. The van der Waals surface area contributed by atoms with Crippen LogP contribution in [0.25, 0.3) is 21.9 Å². The normalized spacial score (nSPS) is 14.7. The Morgan fingerprint density at radius 2 is 1.92 bits per heavy atom. The third-order valence-corrected chi connectivity index (χ3v) is 4.35. The van der Waals surface area contributed by atoms with Crippen molar-refractivity contribution in [3.63, 3.8) is 0 Å². The molecule has 134 valence electrons. The van der Waals surface area contributed by atoms with Crippen molar-refractivity contribution in [3.05, 3.63) is 40.6 Å². The van der Waals surface area contributed by atoms with Crippen molar-refractivity contribution in [2.75, 3.05) is 31.2 Å². The van der Waals surface area contributed by atoms with Gasteiger partial charge in [0.15, 0.2) is 0 Å². The van der Waals surface area contributed by atoms with Gasteiger partial charge in [-0.3, -0.25) is 9.59 Å². The summed E-state index contributed by atoms with van der Waals surface area (Å²) in [5.41, 5.74) is 1.00. The number of phenols is 1. The van der Waals surface area contributed by atoms with E-state index in [9.17, 15) is 14.7 Å². The van der Waals surface area contributed by atoms with E-state index in [2.05, 4.69) is 4.90 Å². The lowest BCUT2D eigenvalue weighted by Gasteiger charge is -2.29. The van der Waals surface area contributed by atoms with E-state index in [1.54, 1.807) is 12.1 Å². The van der Waals surface area contributed by atoms with Gasteiger partial charge in [-0.2, -0.15) is 0 Å². The second kappa shape index (κ2) is 6.34. The monoisotopic (exact) mass is 355 g/mol. The van der Waals surface area contributed by atoms with Gasteiger partial charge < -0.3 is 23.9 Å². The van der Waals surface area contributed by atoms with Crippen molar-refractivity contribution in [1.82, 2.24) is 0 Å². The van der Waals surface area contributed by atoms with Crippen LogP contribution >= 0.6 is 0 Å². The second-order valence-electron chi connectivity index (χ2n) is 6.12. The minimum atomic E-state index is -0.459. The highest BCUT2D eigenvalue weighted by Gasteiger charge is 2.18. The van der Waals surface area contributed by atoms with Gasteiger partial charge in [-0.25, -0.2) is 0 Å². The van der Waals surface area contributed by atoms with E-state index in [1.807, 2.05) is 0 Å². The van der Waals surface area contributed by atoms with Crippen LogP contribution in [0.4, 0.5) is 5.69 Å². The molecule has 1 aliphatic rings. The van der Waals surface area contributed by atoms with Gasteiger partial charge in [-0.05, 0) is 12.1 Å². The number of carbonyl (C=O) groups is 1. The number of aromatic hydroxyl groups is 1. The molecule has 3 aromatic rings. The number of hydrogen-bond acceptors (Lipinski definition) is 7. The van der Waals surface area contributed by atoms with Crippen molar-refractivity contribution in [3.8, 4) is 11.5 Å². The first-order chi connectivity index (χ1) is 12.5. The molecule has 1 fully saturated rings. The van der Waals surface area contributed by atoms with Gasteiger partial charge >= 0.3 is 5.97 Å². The quantitative estimate of drug-likeness (QED) is 0.429. The van der Waals surface area contributed by atoms with E-state index in [4.69, 9.17) is 13.9 Å². The summed E-state index contributed by atoms with van der Waals surface area (Å²) in [6.45, 7) is 3.89. The maximum atomic E-state index is 12.8. The van der Waals surface area contributed by atoms with Gasteiger partial charge in [0.25, 0.3) is 0 Å². The van der Waals surface area contributed by atoms with Crippen LogP contribution in [-0.4, -0.2) is 37.4 Å². The molecule has 0 atom stereocenters. The molecule has 26 heavy (non-hydrogen) atoms. The molecule has 1 aliphatic heterocycles. The maximum absolute atomic E-state index is 12.8. The molecular formula is C19H17NO6. The first-order valence-electron chi connectivity index (χ1n) is 8.27. The molecule has 0 unspecified atom stereocenters. The zero-order valence-electron chi connectivity index (χ0n) is 14.2. The minimum absolute atomic E-state index is 0.122. The van der Waals surface area contributed by atoms with E-state index in [0.717, 1.165) is 5.69 Å². The van der Waals surface area contributed by atoms with E-state index in [-0.39, 0.29) is 22.1 Å². The van der Waals surface area contributed by atoms with E-state index in [0.29, 0.717) is 43.0 Å². The number of benzene rings is 2. The fourth-order valence-electron chi connectivity index (χ4n) is 3.16. The van der Waals surface area contributed by atoms with Crippen LogP contribution < -0.4 is 15.1 Å². The number of ether oxygens (including phenoxy) is 2. The van der Waals surface area contributed by atoms with Gasteiger partial charge in [0, 0.05) is 43.9 Å². The van der Waals surface area contributed by atoms with Crippen LogP contribution in [0.3, 0.4) is 0 Å². The van der Waals surface area contributed by atoms with Crippen LogP contribution in [0, 0.1) is 0 Å². The van der Waals surface area contributed by atoms with Crippen LogP contribution in [0.5, 0.6) is 11.5 Å². The SMILES string of the molecule is CC(=O)Oc1ccc2c(=O)c3c(O)cc(N4CCOCC4)cc3oc2c1. The summed E-state index contributed by atoms with van der Waals surface area (Å²) in [6.07, 6.45) is 0. The predicted molar refractivity (Wildman–Crippen MR) is 96.0 cm³/mol. The molecule has 1 saturated heterocycles. The molecule has 4 rings (SSSR count). The molecule has 0 bridgehead atoms. The molecular weight excluding hydrogens is 338 g/mol. The Morgan fingerprint density at radius 1 is 1.15 bits per heavy atom. The third kappa shape index (κ3) is 2.86. The highest BCUT2D eigenvalue weighted by atomic mass is 16.5. The first kappa shape index (κ1) is 16.4. The molecule has 2 aromatic carbocycles. The molecule has 7 nitrogen and oxygen atoms in total. The summed E-state index contributed by atoms with van der Waals surface area (Å²) in [5.74, 6) is -0.288. The number of anilines is 1. The summed E-state index contributed by atoms with van der Waals surface area (Å²) in [4.78, 5) is 26.0. The summed E-state index contributed by atoms with van der Waals surface area (Å²) < 4.78 is 16.2. The number of nitrogens with zero attached hydrogens (tertiary/aromatic N) is 1. The Balaban J connectivity index is 1.90. The van der Waals surface area contributed by atoms with Crippen molar-refractivity contribution in [2.24, 2.45) is 0 Å². The highest BCUT2D eigenvalue weighted by Crippen LogP contribution is 2.32. The molecule has 0 amide bonds. The molecule has 1 aromatic heterocycles. The minimum Gasteiger partial charge on any atom is -0.507 e. The number of hydrogen-bond donors (Lipinski definition) is 1. The molecule has 0 spiro atoms. The summed E-state index contributed by atoms with van der Waals surface area (Å²) in [6, 6.07) is 7.85. The van der Waals surface area contributed by atoms with Crippen molar-refractivity contribution in [1.29, 1.82) is 0 Å². The lowest BCUT2D eigenvalue weighted by atomic mass is 10.1. The van der Waals surface area contributed by atoms with Crippen LogP contribution in [0.1, 0.15) is 6.92 Å². The van der Waals surface area contributed by atoms with E-state index < -0.39 is 5.97 Å². The largest absolute Gasteiger partial charge is 0.507 e.